The van der Waals surface area contributed by atoms with Gasteiger partial charge in [-0.3, -0.25) is 4.72 Å². The minimum absolute atomic E-state index is 0.294. The summed E-state index contributed by atoms with van der Waals surface area (Å²) in [6, 6.07) is 8.64. The lowest BCUT2D eigenvalue weighted by atomic mass is 10.2. The van der Waals surface area contributed by atoms with Gasteiger partial charge in [0.15, 0.2) is 0 Å². The summed E-state index contributed by atoms with van der Waals surface area (Å²) < 4.78 is 33.5. The second-order valence-electron chi connectivity index (χ2n) is 5.21. The topological polar surface area (TPSA) is 58.6 Å². The van der Waals surface area contributed by atoms with Gasteiger partial charge in [0.2, 0.25) is 0 Å². The molecule has 2 heterocycles. The number of hydrogen-bond donors (Lipinski definition) is 1. The average molecular weight is 373 g/mol. The minimum Gasteiger partial charge on any atom is -0.378 e. The van der Waals surface area contributed by atoms with Crippen molar-refractivity contribution < 1.29 is 13.2 Å². The van der Waals surface area contributed by atoms with Crippen LogP contribution in [0.15, 0.2) is 34.5 Å². The lowest BCUT2D eigenvalue weighted by molar-refractivity contribution is 0.123. The highest BCUT2D eigenvalue weighted by molar-refractivity contribution is 7.94. The van der Waals surface area contributed by atoms with Gasteiger partial charge in [0, 0.05) is 18.0 Å². The fraction of sp³-hybridized carbons (Fsp3) is 0.333. The molecular weight excluding hydrogens is 356 g/mol. The molecule has 0 bridgehead atoms. The monoisotopic (exact) mass is 372 g/mol. The number of nitrogens with one attached hydrogen (secondary N) is 1. The Balaban J connectivity index is 1.95. The van der Waals surface area contributed by atoms with Crippen LogP contribution < -0.4 is 9.62 Å². The first-order valence-corrected chi connectivity index (χ1v) is 9.85. The highest BCUT2D eigenvalue weighted by Gasteiger charge is 2.22. The van der Waals surface area contributed by atoms with E-state index >= 15 is 0 Å². The van der Waals surface area contributed by atoms with E-state index in [1.807, 2.05) is 11.8 Å². The molecule has 1 aliphatic rings. The number of thiophene rings is 1. The van der Waals surface area contributed by atoms with Crippen LogP contribution in [-0.2, 0) is 14.8 Å². The molecule has 2 aromatic rings. The first-order valence-electron chi connectivity index (χ1n) is 7.18. The van der Waals surface area contributed by atoms with Crippen LogP contribution in [0.5, 0.6) is 0 Å². The van der Waals surface area contributed by atoms with Crippen molar-refractivity contribution in [1.29, 1.82) is 0 Å². The Hall–Kier alpha value is -1.28. The Labute approximate surface area is 144 Å². The fourth-order valence-corrected chi connectivity index (χ4v) is 5.10. The Morgan fingerprint density at radius 1 is 1.22 bits per heavy atom. The standard InChI is InChI=1S/C15H17ClN2O3S2/c1-11-5-6-14(22-11)23(19,20)17-13-4-2-3-12(16)15(13)18-7-9-21-10-8-18/h2-6,17H,7-10H2,1H3. The third kappa shape index (κ3) is 3.63. The minimum atomic E-state index is -3.62. The quantitative estimate of drug-likeness (QED) is 0.894. The van der Waals surface area contributed by atoms with Crippen molar-refractivity contribution in [3.8, 4) is 0 Å². The smallest absolute Gasteiger partial charge is 0.271 e. The predicted octanol–water partition coefficient (Wildman–Crippen LogP) is 3.35. The van der Waals surface area contributed by atoms with Crippen molar-refractivity contribution in [2.75, 3.05) is 35.9 Å². The van der Waals surface area contributed by atoms with E-state index in [4.69, 9.17) is 16.3 Å². The second kappa shape index (κ2) is 6.68. The van der Waals surface area contributed by atoms with Gasteiger partial charge < -0.3 is 9.64 Å². The van der Waals surface area contributed by atoms with Crippen LogP contribution in [0.3, 0.4) is 0 Å². The molecule has 1 N–H and O–H groups in total. The molecule has 3 rings (SSSR count). The number of ether oxygens (including phenoxy) is 1. The van der Waals surface area contributed by atoms with E-state index in [1.54, 1.807) is 30.3 Å². The Morgan fingerprint density at radius 2 is 1.96 bits per heavy atom. The molecule has 1 aliphatic heterocycles. The first-order chi connectivity index (χ1) is 11.0. The van der Waals surface area contributed by atoms with E-state index in [2.05, 4.69) is 4.72 Å². The summed E-state index contributed by atoms with van der Waals surface area (Å²) in [6.07, 6.45) is 0. The van der Waals surface area contributed by atoms with Gasteiger partial charge in [-0.2, -0.15) is 0 Å². The molecule has 0 aliphatic carbocycles. The van der Waals surface area contributed by atoms with Gasteiger partial charge in [-0.05, 0) is 31.2 Å². The molecule has 0 amide bonds. The number of morpholine rings is 1. The van der Waals surface area contributed by atoms with E-state index in [-0.39, 0.29) is 0 Å². The molecule has 0 saturated carbocycles. The number of halogens is 1. The average Bonchev–Trinajstić information content (AvgIpc) is 2.95. The van der Waals surface area contributed by atoms with E-state index < -0.39 is 10.0 Å². The molecule has 0 unspecified atom stereocenters. The van der Waals surface area contributed by atoms with Crippen molar-refractivity contribution in [1.82, 2.24) is 0 Å². The molecule has 1 saturated heterocycles. The van der Waals surface area contributed by atoms with Gasteiger partial charge in [0.05, 0.1) is 29.6 Å². The van der Waals surface area contributed by atoms with E-state index in [0.717, 1.165) is 4.88 Å². The number of aryl methyl sites for hydroxylation is 1. The van der Waals surface area contributed by atoms with Crippen LogP contribution in [0, 0.1) is 6.92 Å². The highest BCUT2D eigenvalue weighted by atomic mass is 35.5. The van der Waals surface area contributed by atoms with Gasteiger partial charge >= 0.3 is 0 Å². The molecule has 0 atom stereocenters. The Bertz CT molecular complexity index is 799. The van der Waals surface area contributed by atoms with E-state index in [9.17, 15) is 8.42 Å². The van der Waals surface area contributed by atoms with Gasteiger partial charge in [-0.15, -0.1) is 11.3 Å². The zero-order chi connectivity index (χ0) is 16.4. The summed E-state index contributed by atoms with van der Waals surface area (Å²) in [5, 5.41) is 0.523. The van der Waals surface area contributed by atoms with Crippen molar-refractivity contribution >= 4 is 44.3 Å². The summed E-state index contributed by atoms with van der Waals surface area (Å²) in [5.74, 6) is 0. The van der Waals surface area contributed by atoms with Crippen molar-refractivity contribution in [2.24, 2.45) is 0 Å². The molecule has 124 valence electrons. The first kappa shape index (κ1) is 16.6. The van der Waals surface area contributed by atoms with Crippen molar-refractivity contribution in [3.63, 3.8) is 0 Å². The van der Waals surface area contributed by atoms with Crippen LogP contribution in [0.25, 0.3) is 0 Å². The van der Waals surface area contributed by atoms with Crippen LogP contribution >= 0.6 is 22.9 Å². The van der Waals surface area contributed by atoms with Crippen LogP contribution in [0.2, 0.25) is 5.02 Å². The lowest BCUT2D eigenvalue weighted by Crippen LogP contribution is -2.37. The molecule has 1 fully saturated rings. The van der Waals surface area contributed by atoms with Crippen molar-refractivity contribution in [2.45, 2.75) is 11.1 Å². The predicted molar refractivity (Wildman–Crippen MR) is 94.3 cm³/mol. The summed E-state index contributed by atoms with van der Waals surface area (Å²) in [7, 11) is -3.62. The number of para-hydroxylation sites is 1. The number of nitrogens with zero attached hydrogens (tertiary/aromatic N) is 1. The van der Waals surface area contributed by atoms with E-state index in [0.29, 0.717) is 46.9 Å². The maximum atomic E-state index is 12.6. The van der Waals surface area contributed by atoms with Crippen molar-refractivity contribution in [3.05, 3.63) is 40.2 Å². The summed E-state index contributed by atoms with van der Waals surface area (Å²) in [4.78, 5) is 2.99. The largest absolute Gasteiger partial charge is 0.378 e. The maximum Gasteiger partial charge on any atom is 0.271 e. The molecule has 23 heavy (non-hydrogen) atoms. The maximum absolute atomic E-state index is 12.6. The lowest BCUT2D eigenvalue weighted by Gasteiger charge is -2.31. The summed E-state index contributed by atoms with van der Waals surface area (Å²) in [6.45, 7) is 4.43. The van der Waals surface area contributed by atoms with Crippen LogP contribution in [0.1, 0.15) is 4.88 Å². The third-order valence-corrected chi connectivity index (χ3v) is 6.70. The summed E-state index contributed by atoms with van der Waals surface area (Å²) in [5.41, 5.74) is 1.19. The van der Waals surface area contributed by atoms with E-state index in [1.165, 1.54) is 11.3 Å². The highest BCUT2D eigenvalue weighted by Crippen LogP contribution is 2.36. The molecule has 1 aromatic heterocycles. The molecule has 0 spiro atoms. The second-order valence-corrected chi connectivity index (χ2v) is 8.81. The zero-order valence-electron chi connectivity index (χ0n) is 12.6. The van der Waals surface area contributed by atoms with Gasteiger partial charge in [0.25, 0.3) is 10.0 Å². The zero-order valence-corrected chi connectivity index (χ0v) is 15.0. The molecular formula is C15H17ClN2O3S2. The molecule has 1 aromatic carbocycles. The molecule has 0 radical (unpaired) electrons. The van der Waals surface area contributed by atoms with Crippen LogP contribution in [0.4, 0.5) is 11.4 Å². The number of sulfonamides is 1. The number of hydrogen-bond acceptors (Lipinski definition) is 5. The van der Waals surface area contributed by atoms with Gasteiger partial charge in [-0.25, -0.2) is 8.42 Å². The van der Waals surface area contributed by atoms with Gasteiger partial charge in [-0.1, -0.05) is 17.7 Å². The number of rotatable bonds is 4. The SMILES string of the molecule is Cc1ccc(S(=O)(=O)Nc2cccc(Cl)c2N2CCOCC2)s1. The molecule has 5 nitrogen and oxygen atoms in total. The third-order valence-electron chi connectivity index (χ3n) is 3.54. The number of anilines is 2. The molecule has 8 heteroatoms. The Kier molecular flexibility index (Phi) is 4.82. The van der Waals surface area contributed by atoms with Gasteiger partial charge in [0.1, 0.15) is 4.21 Å². The fourth-order valence-electron chi connectivity index (χ4n) is 2.46. The Morgan fingerprint density at radius 3 is 2.61 bits per heavy atom. The summed E-state index contributed by atoms with van der Waals surface area (Å²) >= 11 is 7.57. The normalized spacial score (nSPS) is 15.7. The van der Waals surface area contributed by atoms with Crippen LogP contribution in [-0.4, -0.2) is 34.7 Å². The number of benzene rings is 1.